The second-order valence-electron chi connectivity index (χ2n) is 5.09. The molecule has 0 unspecified atom stereocenters. The van der Waals surface area contributed by atoms with E-state index < -0.39 is 0 Å². The van der Waals surface area contributed by atoms with E-state index in [4.69, 9.17) is 4.42 Å². The highest BCUT2D eigenvalue weighted by molar-refractivity contribution is 5.91. The van der Waals surface area contributed by atoms with Gasteiger partial charge in [-0.25, -0.2) is 14.6 Å². The molecule has 9 nitrogen and oxygen atoms in total. The van der Waals surface area contributed by atoms with Crippen molar-refractivity contribution in [3.05, 3.63) is 60.7 Å². The zero-order valence-corrected chi connectivity index (χ0v) is 13.3. The van der Waals surface area contributed by atoms with E-state index in [-0.39, 0.29) is 30.5 Å². The Morgan fingerprint density at radius 1 is 1.20 bits per heavy atom. The van der Waals surface area contributed by atoms with E-state index in [1.165, 1.54) is 23.6 Å². The standard InChI is InChI=1S/C16H16N6O3/c23-14(5-7-19-16(24)13-4-2-8-25-13)20-9-12-3-1-6-18-15(12)22-11-17-10-21-22/h1-4,6,8,10-11H,5,7,9H2,(H,19,24)(H,20,23). The second-order valence-corrected chi connectivity index (χ2v) is 5.09. The van der Waals surface area contributed by atoms with Crippen molar-refractivity contribution in [3.8, 4) is 5.82 Å². The number of furan rings is 1. The first-order valence-electron chi connectivity index (χ1n) is 7.61. The summed E-state index contributed by atoms with van der Waals surface area (Å²) in [4.78, 5) is 31.8. The molecule has 0 aliphatic heterocycles. The Labute approximate surface area is 143 Å². The number of pyridine rings is 1. The van der Waals surface area contributed by atoms with Crippen LogP contribution in [0, 0.1) is 0 Å². The van der Waals surface area contributed by atoms with Crippen molar-refractivity contribution in [3.63, 3.8) is 0 Å². The number of carbonyl (C=O) groups excluding carboxylic acids is 2. The largest absolute Gasteiger partial charge is 0.459 e. The van der Waals surface area contributed by atoms with E-state index in [1.54, 1.807) is 24.4 Å². The van der Waals surface area contributed by atoms with Crippen molar-refractivity contribution in [1.82, 2.24) is 30.4 Å². The molecule has 0 fully saturated rings. The van der Waals surface area contributed by atoms with Crippen LogP contribution >= 0.6 is 0 Å². The van der Waals surface area contributed by atoms with Gasteiger partial charge in [0.2, 0.25) is 5.91 Å². The molecule has 3 aromatic rings. The summed E-state index contributed by atoms with van der Waals surface area (Å²) < 4.78 is 6.51. The predicted molar refractivity (Wildman–Crippen MR) is 86.7 cm³/mol. The first-order chi connectivity index (χ1) is 12.2. The first-order valence-corrected chi connectivity index (χ1v) is 7.61. The van der Waals surface area contributed by atoms with E-state index >= 15 is 0 Å². The molecule has 3 aromatic heterocycles. The molecule has 3 rings (SSSR count). The van der Waals surface area contributed by atoms with Crippen LogP contribution in [0.1, 0.15) is 22.5 Å². The van der Waals surface area contributed by atoms with Gasteiger partial charge in [-0.05, 0) is 18.2 Å². The Morgan fingerprint density at radius 3 is 2.88 bits per heavy atom. The zero-order valence-electron chi connectivity index (χ0n) is 13.3. The predicted octanol–water partition coefficient (Wildman–Crippen LogP) is 0.692. The van der Waals surface area contributed by atoms with Gasteiger partial charge in [-0.15, -0.1) is 0 Å². The second kappa shape index (κ2) is 7.86. The van der Waals surface area contributed by atoms with Crippen LogP contribution in [-0.4, -0.2) is 38.1 Å². The van der Waals surface area contributed by atoms with Crippen LogP contribution in [0.5, 0.6) is 0 Å². The Morgan fingerprint density at radius 2 is 2.12 bits per heavy atom. The van der Waals surface area contributed by atoms with Crippen molar-refractivity contribution in [2.45, 2.75) is 13.0 Å². The molecule has 2 N–H and O–H groups in total. The third-order valence-corrected chi connectivity index (χ3v) is 3.36. The lowest BCUT2D eigenvalue weighted by Crippen LogP contribution is -2.30. The van der Waals surface area contributed by atoms with Crippen molar-refractivity contribution >= 4 is 11.8 Å². The van der Waals surface area contributed by atoms with Crippen LogP contribution in [-0.2, 0) is 11.3 Å². The molecule has 0 bridgehead atoms. The fourth-order valence-corrected chi connectivity index (χ4v) is 2.16. The van der Waals surface area contributed by atoms with Crippen LogP contribution in [0.25, 0.3) is 5.82 Å². The smallest absolute Gasteiger partial charge is 0.286 e. The normalized spacial score (nSPS) is 10.4. The Hall–Kier alpha value is -3.49. The number of carbonyl (C=O) groups is 2. The van der Waals surface area contributed by atoms with Gasteiger partial charge in [-0.1, -0.05) is 6.07 Å². The molecule has 0 saturated heterocycles. The summed E-state index contributed by atoms with van der Waals surface area (Å²) in [5.41, 5.74) is 0.806. The van der Waals surface area contributed by atoms with Gasteiger partial charge < -0.3 is 15.1 Å². The number of amides is 2. The number of hydrogen-bond donors (Lipinski definition) is 2. The quantitative estimate of drug-likeness (QED) is 0.654. The molecule has 0 aliphatic rings. The molecule has 0 aliphatic carbocycles. The minimum absolute atomic E-state index is 0.158. The average molecular weight is 340 g/mol. The number of nitrogens with one attached hydrogen (secondary N) is 2. The third-order valence-electron chi connectivity index (χ3n) is 3.36. The van der Waals surface area contributed by atoms with Crippen LogP contribution in [0.4, 0.5) is 0 Å². The topological polar surface area (TPSA) is 115 Å². The maximum atomic E-state index is 11.9. The Kier molecular flexibility index (Phi) is 5.15. The summed E-state index contributed by atoms with van der Waals surface area (Å²) in [5, 5.41) is 9.46. The maximum absolute atomic E-state index is 11.9. The molecule has 0 aromatic carbocycles. The molecular weight excluding hydrogens is 324 g/mol. The lowest BCUT2D eigenvalue weighted by atomic mass is 10.2. The summed E-state index contributed by atoms with van der Waals surface area (Å²) in [6, 6.07) is 6.82. The summed E-state index contributed by atoms with van der Waals surface area (Å²) in [6.07, 6.45) is 6.18. The third kappa shape index (κ3) is 4.28. The molecular formula is C16H16N6O3. The zero-order chi connectivity index (χ0) is 17.5. The Balaban J connectivity index is 1.47. The van der Waals surface area contributed by atoms with Gasteiger partial charge in [0, 0.05) is 31.3 Å². The van der Waals surface area contributed by atoms with E-state index in [2.05, 4.69) is 25.7 Å². The van der Waals surface area contributed by atoms with Crippen molar-refractivity contribution < 1.29 is 14.0 Å². The minimum atomic E-state index is -0.349. The van der Waals surface area contributed by atoms with Crippen LogP contribution in [0.15, 0.2) is 53.8 Å². The van der Waals surface area contributed by atoms with Gasteiger partial charge in [-0.2, -0.15) is 5.10 Å². The molecule has 9 heteroatoms. The molecule has 25 heavy (non-hydrogen) atoms. The monoisotopic (exact) mass is 340 g/mol. The molecule has 3 heterocycles. The van der Waals surface area contributed by atoms with Crippen molar-refractivity contribution in [2.75, 3.05) is 6.54 Å². The maximum Gasteiger partial charge on any atom is 0.286 e. The van der Waals surface area contributed by atoms with Crippen LogP contribution in [0.2, 0.25) is 0 Å². The molecule has 0 atom stereocenters. The lowest BCUT2D eigenvalue weighted by molar-refractivity contribution is -0.121. The lowest BCUT2D eigenvalue weighted by Gasteiger charge is -2.09. The molecule has 0 saturated carbocycles. The number of hydrogen-bond acceptors (Lipinski definition) is 6. The van der Waals surface area contributed by atoms with Gasteiger partial charge in [-0.3, -0.25) is 9.59 Å². The van der Waals surface area contributed by atoms with Crippen molar-refractivity contribution in [1.29, 1.82) is 0 Å². The van der Waals surface area contributed by atoms with Gasteiger partial charge in [0.05, 0.1) is 6.26 Å². The molecule has 128 valence electrons. The molecule has 0 radical (unpaired) electrons. The van der Waals surface area contributed by atoms with Gasteiger partial charge in [0.25, 0.3) is 5.91 Å². The number of rotatable bonds is 7. The SMILES string of the molecule is O=C(CCNC(=O)c1ccco1)NCc1cccnc1-n1cncn1. The Bertz CT molecular complexity index is 829. The van der Waals surface area contributed by atoms with Crippen LogP contribution < -0.4 is 10.6 Å². The summed E-state index contributed by atoms with van der Waals surface area (Å²) in [7, 11) is 0. The fourth-order valence-electron chi connectivity index (χ4n) is 2.16. The number of nitrogens with zero attached hydrogens (tertiary/aromatic N) is 4. The van der Waals surface area contributed by atoms with E-state index in [0.717, 1.165) is 5.56 Å². The van der Waals surface area contributed by atoms with E-state index in [1.807, 2.05) is 6.07 Å². The van der Waals surface area contributed by atoms with Gasteiger partial charge >= 0.3 is 0 Å². The van der Waals surface area contributed by atoms with Crippen LogP contribution in [0.3, 0.4) is 0 Å². The number of aromatic nitrogens is 4. The highest BCUT2D eigenvalue weighted by atomic mass is 16.3. The highest BCUT2D eigenvalue weighted by Gasteiger charge is 2.10. The van der Waals surface area contributed by atoms with Gasteiger partial charge in [0.15, 0.2) is 11.6 Å². The summed E-state index contributed by atoms with van der Waals surface area (Å²) in [6.45, 7) is 0.516. The summed E-state index contributed by atoms with van der Waals surface area (Å²) >= 11 is 0. The van der Waals surface area contributed by atoms with Gasteiger partial charge in [0.1, 0.15) is 12.7 Å². The average Bonchev–Trinajstić information content (AvgIpc) is 3.33. The van der Waals surface area contributed by atoms with E-state index in [0.29, 0.717) is 12.4 Å². The van der Waals surface area contributed by atoms with Crippen molar-refractivity contribution in [2.24, 2.45) is 0 Å². The summed E-state index contributed by atoms with van der Waals surface area (Å²) in [5.74, 6) is 0.284. The highest BCUT2D eigenvalue weighted by Crippen LogP contribution is 2.09. The fraction of sp³-hybridized carbons (Fsp3) is 0.188. The minimum Gasteiger partial charge on any atom is -0.459 e. The molecule has 0 spiro atoms. The van der Waals surface area contributed by atoms with E-state index in [9.17, 15) is 9.59 Å². The molecule has 2 amide bonds. The first kappa shape index (κ1) is 16.4.